The SMILES string of the molecule is CCc1ccc(OCC(=O)NNC(=O)CCC(=O)Nc2ccc(C)cc2C)c(Br)c1. The maximum absolute atomic E-state index is 12.0. The Balaban J connectivity index is 1.68. The maximum atomic E-state index is 12.0. The molecule has 0 bridgehead atoms. The molecule has 0 aliphatic rings. The van der Waals surface area contributed by atoms with E-state index in [1.54, 1.807) is 6.07 Å². The van der Waals surface area contributed by atoms with E-state index in [4.69, 9.17) is 4.74 Å². The van der Waals surface area contributed by atoms with Gasteiger partial charge in [-0.2, -0.15) is 0 Å². The predicted molar refractivity (Wildman–Crippen MR) is 119 cm³/mol. The van der Waals surface area contributed by atoms with Gasteiger partial charge in [0.2, 0.25) is 11.8 Å². The molecule has 3 N–H and O–H groups in total. The number of hydrogen-bond acceptors (Lipinski definition) is 4. The third kappa shape index (κ3) is 7.51. The third-order valence-electron chi connectivity index (χ3n) is 4.34. The summed E-state index contributed by atoms with van der Waals surface area (Å²) < 4.78 is 6.20. The predicted octanol–water partition coefficient (Wildman–Crippen LogP) is 3.57. The summed E-state index contributed by atoms with van der Waals surface area (Å²) in [7, 11) is 0. The Bertz CT molecular complexity index is 931. The van der Waals surface area contributed by atoms with E-state index in [2.05, 4.69) is 32.1 Å². The summed E-state index contributed by atoms with van der Waals surface area (Å²) in [5, 5.41) is 2.78. The van der Waals surface area contributed by atoms with Crippen molar-refractivity contribution in [3.63, 3.8) is 0 Å². The fourth-order valence-corrected chi connectivity index (χ4v) is 3.20. The molecule has 0 saturated carbocycles. The molecular formula is C22H26BrN3O4. The van der Waals surface area contributed by atoms with Crippen molar-refractivity contribution in [2.45, 2.75) is 40.0 Å². The lowest BCUT2D eigenvalue weighted by molar-refractivity contribution is -0.130. The van der Waals surface area contributed by atoms with E-state index in [1.165, 1.54) is 0 Å². The van der Waals surface area contributed by atoms with E-state index in [-0.39, 0.29) is 25.4 Å². The number of carbonyl (C=O) groups excluding carboxylic acids is 3. The van der Waals surface area contributed by atoms with Crippen LogP contribution in [0.1, 0.15) is 36.5 Å². The minimum absolute atomic E-state index is 0.00223. The highest BCUT2D eigenvalue weighted by Gasteiger charge is 2.11. The summed E-state index contributed by atoms with van der Waals surface area (Å²) in [6.07, 6.45) is 0.845. The Morgan fingerprint density at radius 3 is 2.30 bits per heavy atom. The van der Waals surface area contributed by atoms with Gasteiger partial charge in [0.05, 0.1) is 4.47 Å². The van der Waals surface area contributed by atoms with Gasteiger partial charge in [-0.1, -0.05) is 30.7 Å². The van der Waals surface area contributed by atoms with Crippen molar-refractivity contribution in [1.82, 2.24) is 10.9 Å². The molecule has 3 amide bonds. The van der Waals surface area contributed by atoms with E-state index in [0.29, 0.717) is 5.75 Å². The fraction of sp³-hybridized carbons (Fsp3) is 0.318. The van der Waals surface area contributed by atoms with Crippen LogP contribution in [-0.2, 0) is 20.8 Å². The molecule has 0 aliphatic heterocycles. The van der Waals surface area contributed by atoms with Gasteiger partial charge >= 0.3 is 0 Å². The van der Waals surface area contributed by atoms with Crippen LogP contribution in [0.5, 0.6) is 5.75 Å². The normalized spacial score (nSPS) is 10.3. The van der Waals surface area contributed by atoms with Crippen molar-refractivity contribution in [3.8, 4) is 5.75 Å². The summed E-state index contributed by atoms with van der Waals surface area (Å²) in [5.74, 6) is -0.703. The lowest BCUT2D eigenvalue weighted by atomic mass is 10.1. The Kier molecular flexibility index (Phi) is 8.86. The van der Waals surface area contributed by atoms with Gasteiger partial charge in [0, 0.05) is 18.5 Å². The van der Waals surface area contributed by atoms with Crippen molar-refractivity contribution in [2.75, 3.05) is 11.9 Å². The molecule has 2 rings (SSSR count). The number of ether oxygens (including phenoxy) is 1. The summed E-state index contributed by atoms with van der Waals surface area (Å²) in [4.78, 5) is 35.7. The summed E-state index contributed by atoms with van der Waals surface area (Å²) in [5.41, 5.74) is 8.48. The standard InChI is InChI=1S/C22H26BrN3O4/c1-4-16-6-8-19(17(23)12-16)30-13-22(29)26-25-21(28)10-9-20(27)24-18-7-5-14(2)11-15(18)3/h5-8,11-12H,4,9-10,13H2,1-3H3,(H,24,27)(H,25,28)(H,26,29). The molecule has 7 nitrogen and oxygen atoms in total. The van der Waals surface area contributed by atoms with Crippen LogP contribution in [-0.4, -0.2) is 24.3 Å². The van der Waals surface area contributed by atoms with Gasteiger partial charge in [0.25, 0.3) is 5.91 Å². The van der Waals surface area contributed by atoms with Crippen LogP contribution in [0.2, 0.25) is 0 Å². The molecule has 8 heteroatoms. The monoisotopic (exact) mass is 475 g/mol. The second kappa shape index (κ2) is 11.3. The van der Waals surface area contributed by atoms with Crippen molar-refractivity contribution in [1.29, 1.82) is 0 Å². The number of benzene rings is 2. The lowest BCUT2D eigenvalue weighted by Crippen LogP contribution is -2.44. The zero-order valence-corrected chi connectivity index (χ0v) is 18.9. The van der Waals surface area contributed by atoms with Crippen LogP contribution in [0.3, 0.4) is 0 Å². The summed E-state index contributed by atoms with van der Waals surface area (Å²) in [6.45, 7) is 5.68. The van der Waals surface area contributed by atoms with Crippen LogP contribution >= 0.6 is 15.9 Å². The van der Waals surface area contributed by atoms with Crippen molar-refractivity contribution in [2.24, 2.45) is 0 Å². The zero-order chi connectivity index (χ0) is 22.1. The van der Waals surface area contributed by atoms with E-state index >= 15 is 0 Å². The molecule has 30 heavy (non-hydrogen) atoms. The second-order valence-electron chi connectivity index (χ2n) is 6.87. The van der Waals surface area contributed by atoms with Crippen molar-refractivity contribution < 1.29 is 19.1 Å². The number of amides is 3. The van der Waals surface area contributed by atoms with Crippen LogP contribution in [0.15, 0.2) is 40.9 Å². The number of rotatable bonds is 8. The zero-order valence-electron chi connectivity index (χ0n) is 17.3. The van der Waals surface area contributed by atoms with E-state index < -0.39 is 11.8 Å². The molecule has 0 atom stereocenters. The van der Waals surface area contributed by atoms with Gasteiger partial charge in [-0.05, 0) is 65.5 Å². The largest absolute Gasteiger partial charge is 0.483 e. The van der Waals surface area contributed by atoms with Crippen LogP contribution in [0, 0.1) is 13.8 Å². The van der Waals surface area contributed by atoms with Gasteiger partial charge in [-0.3, -0.25) is 25.2 Å². The molecule has 160 valence electrons. The first-order valence-corrected chi connectivity index (χ1v) is 10.4. The first kappa shape index (κ1) is 23.4. The number of halogens is 1. The molecule has 0 unspecified atom stereocenters. The van der Waals surface area contributed by atoms with Gasteiger partial charge in [0.1, 0.15) is 5.75 Å². The number of anilines is 1. The highest BCUT2D eigenvalue weighted by atomic mass is 79.9. The van der Waals surface area contributed by atoms with Crippen molar-refractivity contribution in [3.05, 3.63) is 57.6 Å². The van der Waals surface area contributed by atoms with Crippen LogP contribution < -0.4 is 20.9 Å². The first-order valence-electron chi connectivity index (χ1n) is 9.64. The molecule has 2 aromatic carbocycles. The average molecular weight is 476 g/mol. The molecular weight excluding hydrogens is 450 g/mol. The molecule has 0 fully saturated rings. The number of hydrazine groups is 1. The molecule has 0 aliphatic carbocycles. The Hall–Kier alpha value is -2.87. The quantitative estimate of drug-likeness (QED) is 0.508. The second-order valence-corrected chi connectivity index (χ2v) is 7.72. The minimum atomic E-state index is -0.505. The smallest absolute Gasteiger partial charge is 0.276 e. The highest BCUT2D eigenvalue weighted by molar-refractivity contribution is 9.10. The summed E-state index contributed by atoms with van der Waals surface area (Å²) in [6, 6.07) is 11.3. The topological polar surface area (TPSA) is 96.5 Å². The molecule has 2 aromatic rings. The van der Waals surface area contributed by atoms with Gasteiger partial charge in [-0.15, -0.1) is 0 Å². The van der Waals surface area contributed by atoms with Crippen molar-refractivity contribution >= 4 is 39.3 Å². The average Bonchev–Trinajstić information content (AvgIpc) is 2.71. The van der Waals surface area contributed by atoms with Gasteiger partial charge in [0.15, 0.2) is 6.61 Å². The van der Waals surface area contributed by atoms with Crippen LogP contribution in [0.4, 0.5) is 5.69 Å². The van der Waals surface area contributed by atoms with E-state index in [0.717, 1.165) is 33.3 Å². The maximum Gasteiger partial charge on any atom is 0.276 e. The van der Waals surface area contributed by atoms with Gasteiger partial charge in [-0.25, -0.2) is 0 Å². The lowest BCUT2D eigenvalue weighted by Gasteiger charge is -2.11. The fourth-order valence-electron chi connectivity index (χ4n) is 2.66. The molecule has 0 radical (unpaired) electrons. The number of nitrogens with one attached hydrogen (secondary N) is 3. The first-order chi connectivity index (χ1) is 14.3. The third-order valence-corrected chi connectivity index (χ3v) is 4.96. The molecule has 0 saturated heterocycles. The molecule has 0 aromatic heterocycles. The van der Waals surface area contributed by atoms with E-state index in [1.807, 2.05) is 51.1 Å². The number of hydrogen-bond donors (Lipinski definition) is 3. The summed E-state index contributed by atoms with van der Waals surface area (Å²) >= 11 is 3.40. The highest BCUT2D eigenvalue weighted by Crippen LogP contribution is 2.26. The Labute approximate surface area is 184 Å². The van der Waals surface area contributed by atoms with Gasteiger partial charge < -0.3 is 10.1 Å². The van der Waals surface area contributed by atoms with E-state index in [9.17, 15) is 14.4 Å². The molecule has 0 spiro atoms. The molecule has 0 heterocycles. The Morgan fingerprint density at radius 2 is 1.63 bits per heavy atom. The Morgan fingerprint density at radius 1 is 0.933 bits per heavy atom. The number of aryl methyl sites for hydroxylation is 3. The minimum Gasteiger partial charge on any atom is -0.483 e. The van der Waals surface area contributed by atoms with Crippen LogP contribution in [0.25, 0.3) is 0 Å². The number of carbonyl (C=O) groups is 3.